The quantitative estimate of drug-likeness (QED) is 0.244. The summed E-state index contributed by atoms with van der Waals surface area (Å²) < 4.78 is 6.02. The van der Waals surface area contributed by atoms with E-state index in [-0.39, 0.29) is 16.9 Å². The number of oxazole rings is 1. The van der Waals surface area contributed by atoms with Crippen LogP contribution >= 0.6 is 35.0 Å². The molecular formula is C25H26Cl2N2O3S. The van der Waals surface area contributed by atoms with Gasteiger partial charge < -0.3 is 9.32 Å². The zero-order chi connectivity index (χ0) is 24.3. The van der Waals surface area contributed by atoms with Gasteiger partial charge in [0.25, 0.3) is 5.24 Å². The average Bonchev–Trinajstić information content (AvgIpc) is 3.17. The number of ketones is 1. The predicted octanol–water partition coefficient (Wildman–Crippen LogP) is 7.67. The largest absolute Gasteiger partial charge is 0.441 e. The Morgan fingerprint density at radius 1 is 1.12 bits per heavy atom. The van der Waals surface area contributed by atoms with Crippen LogP contribution in [0.5, 0.6) is 0 Å². The molecule has 1 heterocycles. The fourth-order valence-electron chi connectivity index (χ4n) is 3.27. The molecule has 174 valence electrons. The van der Waals surface area contributed by atoms with Crippen LogP contribution in [0.1, 0.15) is 53.6 Å². The van der Waals surface area contributed by atoms with Crippen molar-refractivity contribution in [3.63, 3.8) is 0 Å². The second kappa shape index (κ2) is 10.8. The fourth-order valence-corrected chi connectivity index (χ4v) is 4.49. The summed E-state index contributed by atoms with van der Waals surface area (Å²) in [4.78, 5) is 31.9. The molecule has 8 heteroatoms. The van der Waals surface area contributed by atoms with E-state index in [9.17, 15) is 9.59 Å². The topological polar surface area (TPSA) is 63.4 Å². The molecule has 0 aliphatic carbocycles. The summed E-state index contributed by atoms with van der Waals surface area (Å²) in [6.07, 6.45) is 0.748. The molecule has 0 aliphatic heterocycles. The third kappa shape index (κ3) is 6.19. The van der Waals surface area contributed by atoms with E-state index in [1.807, 2.05) is 32.9 Å². The smallest absolute Gasteiger partial charge is 0.285 e. The summed E-state index contributed by atoms with van der Waals surface area (Å²) in [5.41, 5.74) is 2.92. The van der Waals surface area contributed by atoms with Gasteiger partial charge in [0.1, 0.15) is 5.76 Å². The number of rotatable bonds is 7. The van der Waals surface area contributed by atoms with Crippen LogP contribution < -0.4 is 0 Å². The summed E-state index contributed by atoms with van der Waals surface area (Å²) in [5.74, 6) is 1.28. The van der Waals surface area contributed by atoms with Gasteiger partial charge in [-0.25, -0.2) is 4.98 Å². The van der Waals surface area contributed by atoms with Crippen molar-refractivity contribution in [1.29, 1.82) is 0 Å². The van der Waals surface area contributed by atoms with Crippen molar-refractivity contribution in [3.8, 4) is 11.5 Å². The zero-order valence-electron chi connectivity index (χ0n) is 19.2. The van der Waals surface area contributed by atoms with Gasteiger partial charge in [0.2, 0.25) is 5.89 Å². The van der Waals surface area contributed by atoms with Crippen LogP contribution in [-0.2, 0) is 6.42 Å². The molecule has 5 nitrogen and oxygen atoms in total. The summed E-state index contributed by atoms with van der Waals surface area (Å²) in [6, 6.07) is 10.6. The van der Waals surface area contributed by atoms with E-state index in [0.29, 0.717) is 39.9 Å². The van der Waals surface area contributed by atoms with Crippen molar-refractivity contribution < 1.29 is 14.0 Å². The molecule has 0 bridgehead atoms. The van der Waals surface area contributed by atoms with E-state index in [1.165, 1.54) is 4.90 Å². The van der Waals surface area contributed by atoms with Gasteiger partial charge in [-0.15, -0.1) is 0 Å². The lowest BCUT2D eigenvalue weighted by Gasteiger charge is -2.11. The molecule has 0 saturated heterocycles. The minimum absolute atomic E-state index is 0.0115. The van der Waals surface area contributed by atoms with Gasteiger partial charge in [0.15, 0.2) is 5.78 Å². The SMILES string of the molecule is Cc1cc(C(=O)CCc2nc(-c3ccc(Cl)cc3Cl)oc2C(C)C)ccc1SC(=O)N(C)C. The number of nitrogens with zero attached hydrogens (tertiary/aromatic N) is 2. The third-order valence-corrected chi connectivity index (χ3v) is 6.83. The summed E-state index contributed by atoms with van der Waals surface area (Å²) >= 11 is 13.5. The molecule has 0 aliphatic rings. The van der Waals surface area contributed by atoms with Crippen molar-refractivity contribution in [2.75, 3.05) is 14.1 Å². The Kier molecular flexibility index (Phi) is 8.27. The highest BCUT2D eigenvalue weighted by molar-refractivity contribution is 8.13. The maximum atomic E-state index is 12.9. The number of carbonyl (C=O) groups is 2. The number of carbonyl (C=O) groups excluding carboxylic acids is 2. The number of hydrogen-bond acceptors (Lipinski definition) is 5. The van der Waals surface area contributed by atoms with Gasteiger partial charge in [-0.2, -0.15) is 0 Å². The summed E-state index contributed by atoms with van der Waals surface area (Å²) in [7, 11) is 3.42. The lowest BCUT2D eigenvalue weighted by molar-refractivity contribution is 0.0982. The zero-order valence-corrected chi connectivity index (χ0v) is 21.6. The Labute approximate surface area is 208 Å². The Bertz CT molecular complexity index is 1190. The van der Waals surface area contributed by atoms with Crippen LogP contribution in [0.25, 0.3) is 11.5 Å². The van der Waals surface area contributed by atoms with Gasteiger partial charge in [-0.05, 0) is 54.6 Å². The number of aromatic nitrogens is 1. The Balaban J connectivity index is 1.76. The number of Topliss-reactive ketones (excluding diaryl/α,β-unsaturated/α-hetero) is 1. The molecular weight excluding hydrogens is 479 g/mol. The second-order valence-electron chi connectivity index (χ2n) is 8.27. The Morgan fingerprint density at radius 2 is 1.85 bits per heavy atom. The Morgan fingerprint density at radius 3 is 2.45 bits per heavy atom. The first-order valence-electron chi connectivity index (χ1n) is 10.5. The van der Waals surface area contributed by atoms with Crippen LogP contribution in [0.3, 0.4) is 0 Å². The van der Waals surface area contributed by atoms with E-state index in [1.54, 1.807) is 38.4 Å². The number of aryl methyl sites for hydroxylation is 2. The third-order valence-electron chi connectivity index (χ3n) is 5.06. The maximum absolute atomic E-state index is 12.9. The second-order valence-corrected chi connectivity index (χ2v) is 10.1. The van der Waals surface area contributed by atoms with Crippen molar-refractivity contribution in [3.05, 3.63) is 69.0 Å². The molecule has 0 unspecified atom stereocenters. The van der Waals surface area contributed by atoms with Gasteiger partial charge in [-0.3, -0.25) is 9.59 Å². The lowest BCUT2D eigenvalue weighted by Crippen LogP contribution is -2.16. The monoisotopic (exact) mass is 504 g/mol. The number of benzene rings is 2. The van der Waals surface area contributed by atoms with Gasteiger partial charge in [0, 0.05) is 48.3 Å². The number of hydrogen-bond donors (Lipinski definition) is 0. The van der Waals surface area contributed by atoms with Crippen LogP contribution in [0, 0.1) is 6.92 Å². The van der Waals surface area contributed by atoms with Crippen LogP contribution in [0.2, 0.25) is 10.0 Å². The minimum atomic E-state index is -0.0546. The normalized spacial score (nSPS) is 11.2. The number of thioether (sulfide) groups is 1. The van der Waals surface area contributed by atoms with Crippen LogP contribution in [-0.4, -0.2) is 35.0 Å². The van der Waals surface area contributed by atoms with E-state index >= 15 is 0 Å². The van der Waals surface area contributed by atoms with Crippen molar-refractivity contribution in [2.24, 2.45) is 0 Å². The number of halogens is 2. The average molecular weight is 505 g/mol. The molecule has 1 aromatic heterocycles. The highest BCUT2D eigenvalue weighted by Crippen LogP contribution is 2.33. The first-order chi connectivity index (χ1) is 15.6. The van der Waals surface area contributed by atoms with Gasteiger partial charge >= 0.3 is 0 Å². The maximum Gasteiger partial charge on any atom is 0.285 e. The molecule has 0 spiro atoms. The number of amides is 1. The van der Waals surface area contributed by atoms with E-state index < -0.39 is 0 Å². The minimum Gasteiger partial charge on any atom is -0.441 e. The summed E-state index contributed by atoms with van der Waals surface area (Å²) in [6.45, 7) is 5.94. The molecule has 0 N–H and O–H groups in total. The highest BCUT2D eigenvalue weighted by Gasteiger charge is 2.20. The first-order valence-corrected chi connectivity index (χ1v) is 12.1. The molecule has 1 amide bonds. The standard InChI is InChI=1S/C25H26Cl2N2O3S/c1-14(2)23-20(28-24(32-23)18-8-7-17(26)13-19(18)27)9-10-21(30)16-6-11-22(15(3)12-16)33-25(31)29(4)5/h6-8,11-14H,9-10H2,1-5H3. The molecule has 0 fully saturated rings. The Hall–Kier alpha value is -2.28. The van der Waals surface area contributed by atoms with Gasteiger partial charge in [-0.1, -0.05) is 43.1 Å². The summed E-state index contributed by atoms with van der Waals surface area (Å²) in [5, 5.41) is 0.944. The molecule has 0 saturated carbocycles. The molecule has 3 aromatic rings. The molecule has 2 aromatic carbocycles. The van der Waals surface area contributed by atoms with E-state index in [0.717, 1.165) is 33.7 Å². The van der Waals surface area contributed by atoms with Crippen molar-refractivity contribution in [1.82, 2.24) is 9.88 Å². The molecule has 3 rings (SSSR count). The lowest BCUT2D eigenvalue weighted by atomic mass is 10.0. The highest BCUT2D eigenvalue weighted by atomic mass is 35.5. The fraction of sp³-hybridized carbons (Fsp3) is 0.320. The van der Waals surface area contributed by atoms with E-state index in [2.05, 4.69) is 4.98 Å². The van der Waals surface area contributed by atoms with Gasteiger partial charge in [0.05, 0.1) is 16.3 Å². The van der Waals surface area contributed by atoms with Crippen LogP contribution in [0.4, 0.5) is 4.79 Å². The van der Waals surface area contributed by atoms with E-state index in [4.69, 9.17) is 27.6 Å². The predicted molar refractivity (Wildman–Crippen MR) is 135 cm³/mol. The van der Waals surface area contributed by atoms with Crippen LogP contribution in [0.15, 0.2) is 45.7 Å². The molecule has 0 radical (unpaired) electrons. The first kappa shape index (κ1) is 25.3. The molecule has 0 atom stereocenters. The van der Waals surface area contributed by atoms with Crippen molar-refractivity contribution in [2.45, 2.75) is 44.4 Å². The van der Waals surface area contributed by atoms with Crippen molar-refractivity contribution >= 4 is 46.0 Å². The molecule has 33 heavy (non-hydrogen) atoms.